The van der Waals surface area contributed by atoms with Crippen LogP contribution in [0.1, 0.15) is 79.8 Å². The van der Waals surface area contributed by atoms with E-state index in [9.17, 15) is 14.0 Å². The Morgan fingerprint density at radius 1 is 1.26 bits per heavy atom. The molecule has 0 aliphatic heterocycles. The molecule has 38 heavy (non-hydrogen) atoms. The minimum Gasteiger partial charge on any atom is -0.339 e. The predicted molar refractivity (Wildman–Crippen MR) is 152 cm³/mol. The first kappa shape index (κ1) is 28.0. The van der Waals surface area contributed by atoms with Crippen molar-refractivity contribution in [1.82, 2.24) is 19.8 Å². The van der Waals surface area contributed by atoms with E-state index in [1.54, 1.807) is 24.1 Å². The summed E-state index contributed by atoms with van der Waals surface area (Å²) in [6, 6.07) is 10.00. The number of anilines is 1. The summed E-state index contributed by atoms with van der Waals surface area (Å²) in [4.78, 5) is 32.7. The molecule has 1 unspecified atom stereocenters. The van der Waals surface area contributed by atoms with Crippen LogP contribution >= 0.6 is 11.3 Å². The second kappa shape index (κ2) is 11.0. The van der Waals surface area contributed by atoms with Crippen molar-refractivity contribution in [2.24, 2.45) is 5.41 Å². The van der Waals surface area contributed by atoms with Gasteiger partial charge in [0.25, 0.3) is 5.91 Å². The van der Waals surface area contributed by atoms with Crippen LogP contribution in [-0.4, -0.2) is 45.4 Å². The van der Waals surface area contributed by atoms with Crippen molar-refractivity contribution in [3.63, 3.8) is 0 Å². The number of nitrogens with one attached hydrogen (secondary N) is 2. The third kappa shape index (κ3) is 5.83. The van der Waals surface area contributed by atoms with Crippen LogP contribution < -0.4 is 10.6 Å². The van der Waals surface area contributed by atoms with E-state index in [1.165, 1.54) is 13.0 Å². The van der Waals surface area contributed by atoms with E-state index < -0.39 is 6.17 Å². The molecule has 2 aromatic heterocycles. The van der Waals surface area contributed by atoms with E-state index in [-0.39, 0.29) is 29.3 Å². The first-order chi connectivity index (χ1) is 17.9. The van der Waals surface area contributed by atoms with Gasteiger partial charge in [0.2, 0.25) is 11.9 Å². The molecule has 4 rings (SSSR count). The highest BCUT2D eigenvalue weighted by molar-refractivity contribution is 7.14. The molecule has 1 aliphatic rings. The first-order valence-electron chi connectivity index (χ1n) is 13.1. The van der Waals surface area contributed by atoms with Gasteiger partial charge in [0.15, 0.2) is 0 Å². The summed E-state index contributed by atoms with van der Waals surface area (Å²) in [5.41, 5.74) is 2.98. The zero-order valence-electron chi connectivity index (χ0n) is 23.0. The molecule has 2 N–H and O–H groups in total. The molecule has 0 bridgehead atoms. The molecule has 9 heteroatoms. The number of benzene rings is 1. The lowest BCUT2D eigenvalue weighted by Gasteiger charge is -2.42. The maximum Gasteiger partial charge on any atom is 0.268 e. The molecule has 2 atom stereocenters. The van der Waals surface area contributed by atoms with Gasteiger partial charge in [0.05, 0.1) is 15.9 Å². The van der Waals surface area contributed by atoms with Crippen LogP contribution in [0.5, 0.6) is 0 Å². The Morgan fingerprint density at radius 2 is 1.97 bits per heavy atom. The van der Waals surface area contributed by atoms with Crippen molar-refractivity contribution in [1.29, 1.82) is 0 Å². The number of likely N-dealkylation sites (N-methyl/N-ethyl adjacent to an activating group) is 1. The van der Waals surface area contributed by atoms with E-state index in [0.717, 1.165) is 40.8 Å². The molecule has 1 fully saturated rings. The molecule has 1 saturated carbocycles. The van der Waals surface area contributed by atoms with E-state index in [0.29, 0.717) is 28.3 Å². The third-order valence-electron chi connectivity index (χ3n) is 7.66. The predicted octanol–water partition coefficient (Wildman–Crippen LogP) is 6.25. The number of carbonyl (C=O) groups excluding carboxylic acids is 2. The lowest BCUT2D eigenvalue weighted by Crippen LogP contribution is -2.45. The molecule has 0 spiro atoms. The molecule has 0 radical (unpaired) electrons. The van der Waals surface area contributed by atoms with Crippen LogP contribution in [0.25, 0.3) is 11.0 Å². The maximum absolute atomic E-state index is 13.7. The maximum atomic E-state index is 13.7. The number of alkyl halides is 1. The lowest BCUT2D eigenvalue weighted by atomic mass is 9.85. The summed E-state index contributed by atoms with van der Waals surface area (Å²) in [6.07, 6.45) is 1.70. The van der Waals surface area contributed by atoms with Crippen molar-refractivity contribution in [3.8, 4) is 0 Å². The van der Waals surface area contributed by atoms with Gasteiger partial charge in [-0.1, -0.05) is 33.4 Å². The molecule has 204 valence electrons. The Balaban J connectivity index is 1.61. The monoisotopic (exact) mass is 539 g/mol. The zero-order chi connectivity index (χ0) is 27.8. The van der Waals surface area contributed by atoms with Crippen molar-refractivity contribution in [2.75, 3.05) is 12.4 Å². The molecule has 2 heterocycles. The molecule has 1 aromatic carbocycles. The summed E-state index contributed by atoms with van der Waals surface area (Å²) in [5, 5.41) is 6.56. The number of halogens is 1. The smallest absolute Gasteiger partial charge is 0.268 e. The van der Waals surface area contributed by atoms with Crippen molar-refractivity contribution in [3.05, 3.63) is 58.3 Å². The number of carbonyl (C=O) groups is 2. The molecule has 1 aliphatic carbocycles. The first-order valence-corrected chi connectivity index (χ1v) is 13.9. The Kier molecular flexibility index (Phi) is 8.09. The van der Waals surface area contributed by atoms with Crippen LogP contribution in [-0.2, 0) is 11.3 Å². The van der Waals surface area contributed by atoms with Crippen LogP contribution in [0, 0.1) is 5.41 Å². The van der Waals surface area contributed by atoms with Gasteiger partial charge in [0.1, 0.15) is 6.17 Å². The van der Waals surface area contributed by atoms with Crippen LogP contribution in [0.2, 0.25) is 0 Å². The quantitative estimate of drug-likeness (QED) is 0.315. The number of fused-ring (bicyclic) bond motifs is 1. The van der Waals surface area contributed by atoms with Gasteiger partial charge < -0.3 is 14.8 Å². The molecule has 0 saturated heterocycles. The minimum absolute atomic E-state index is 0.0787. The second-order valence-corrected chi connectivity index (χ2v) is 12.4. The van der Waals surface area contributed by atoms with Gasteiger partial charge in [-0.3, -0.25) is 14.9 Å². The Morgan fingerprint density at radius 3 is 2.58 bits per heavy atom. The highest BCUT2D eigenvalue weighted by Gasteiger charge is 2.37. The molecule has 2 amide bonds. The fraction of sp³-hybridized carbons (Fsp3) is 0.483. The SMILES string of the molecule is C=CC(=O)N(C)C1CC(n2c(NC(=O)c3ccc(C(C)F)s3)nc3cc(CN[C@@H](C)C(C)(C)C)ccc32)C1. The largest absolute Gasteiger partial charge is 0.339 e. The number of nitrogens with zero attached hydrogens (tertiary/aromatic N) is 3. The number of hydrogen-bond donors (Lipinski definition) is 2. The number of aromatic nitrogens is 2. The third-order valence-corrected chi connectivity index (χ3v) is 8.89. The number of rotatable bonds is 9. The summed E-state index contributed by atoms with van der Waals surface area (Å²) < 4.78 is 15.8. The van der Waals surface area contributed by atoms with Crippen LogP contribution in [0.3, 0.4) is 0 Å². The fourth-order valence-corrected chi connectivity index (χ4v) is 5.38. The summed E-state index contributed by atoms with van der Waals surface area (Å²) >= 11 is 1.15. The van der Waals surface area contributed by atoms with E-state index in [1.807, 2.05) is 0 Å². The molecular weight excluding hydrogens is 501 g/mol. The molecular formula is C29H38FN5O2S. The second-order valence-electron chi connectivity index (χ2n) is 11.3. The lowest BCUT2D eigenvalue weighted by molar-refractivity contribution is -0.128. The van der Waals surface area contributed by atoms with Gasteiger partial charge in [0, 0.05) is 36.6 Å². The average molecular weight is 540 g/mol. The standard InChI is InChI=1S/C29H38FN5O2S/c1-8-26(36)34(7)20-14-21(15-20)35-23-10-9-19(16-31-18(3)29(4,5)6)13-22(23)32-28(35)33-27(37)25-12-11-24(38-25)17(2)30/h8-13,17-18,20-21,31H,1,14-16H2,2-7H3,(H,32,33,37)/t17?,18-,20?,21?/m0/s1. The topological polar surface area (TPSA) is 79.3 Å². The van der Waals surface area contributed by atoms with Gasteiger partial charge in [-0.25, -0.2) is 9.37 Å². The van der Waals surface area contributed by atoms with Crippen LogP contribution in [0.4, 0.5) is 10.3 Å². The normalized spacial score (nSPS) is 19.0. The average Bonchev–Trinajstić information content (AvgIpc) is 3.46. The Hall–Kier alpha value is -3.04. The van der Waals surface area contributed by atoms with Gasteiger partial charge in [-0.2, -0.15) is 0 Å². The number of imidazole rings is 1. The van der Waals surface area contributed by atoms with E-state index >= 15 is 0 Å². The molecule has 3 aromatic rings. The van der Waals surface area contributed by atoms with Gasteiger partial charge >= 0.3 is 0 Å². The molecule has 7 nitrogen and oxygen atoms in total. The summed E-state index contributed by atoms with van der Waals surface area (Å²) in [5.74, 6) is 0.0476. The van der Waals surface area contributed by atoms with E-state index in [2.05, 4.69) is 67.7 Å². The van der Waals surface area contributed by atoms with E-state index in [4.69, 9.17) is 4.98 Å². The number of thiophene rings is 1. The van der Waals surface area contributed by atoms with Gasteiger partial charge in [-0.05, 0) is 68.0 Å². The number of hydrogen-bond acceptors (Lipinski definition) is 5. The minimum atomic E-state index is -1.12. The summed E-state index contributed by atoms with van der Waals surface area (Å²) in [7, 11) is 1.79. The van der Waals surface area contributed by atoms with Gasteiger partial charge in [-0.15, -0.1) is 11.3 Å². The Bertz CT molecular complexity index is 1330. The van der Waals surface area contributed by atoms with Crippen molar-refractivity contribution < 1.29 is 14.0 Å². The number of amides is 2. The Labute approximate surface area is 228 Å². The van der Waals surface area contributed by atoms with Crippen molar-refractivity contribution >= 4 is 40.1 Å². The van der Waals surface area contributed by atoms with Crippen molar-refractivity contribution in [2.45, 2.75) is 78.3 Å². The fourth-order valence-electron chi connectivity index (χ4n) is 4.55. The highest BCUT2D eigenvalue weighted by Crippen LogP contribution is 2.40. The highest BCUT2D eigenvalue weighted by atomic mass is 32.1. The van der Waals surface area contributed by atoms with Crippen LogP contribution in [0.15, 0.2) is 43.0 Å². The zero-order valence-corrected chi connectivity index (χ0v) is 23.9. The summed E-state index contributed by atoms with van der Waals surface area (Å²) in [6.45, 7) is 14.6.